The molecule has 0 bridgehead atoms. The van der Waals surface area contributed by atoms with Crippen LogP contribution in [0.25, 0.3) is 0 Å². The molecule has 190 valence electrons. The Morgan fingerprint density at radius 3 is 1.71 bits per heavy atom. The molecule has 0 saturated carbocycles. The number of rotatable bonds is 5. The van der Waals surface area contributed by atoms with Crippen LogP contribution in [0.5, 0.6) is 0 Å². The molecule has 2 saturated heterocycles. The van der Waals surface area contributed by atoms with E-state index in [9.17, 15) is 14.4 Å². The van der Waals surface area contributed by atoms with E-state index in [-0.39, 0.29) is 31.4 Å². The van der Waals surface area contributed by atoms with Crippen LogP contribution in [0.2, 0.25) is 0 Å². The zero-order valence-electron chi connectivity index (χ0n) is 20.4. The summed E-state index contributed by atoms with van der Waals surface area (Å²) in [6.45, 7) is 13.1. The molecule has 2 fully saturated rings. The molecule has 7 heteroatoms. The van der Waals surface area contributed by atoms with Gasteiger partial charge in [-0.3, -0.25) is 14.4 Å². The van der Waals surface area contributed by atoms with Crippen molar-refractivity contribution in [1.82, 2.24) is 0 Å². The summed E-state index contributed by atoms with van der Waals surface area (Å²) in [6.07, 6.45) is 2.83. The number of hydrogen-bond acceptors (Lipinski definition) is 7. The molecular weight excluding hydrogens is 448 g/mol. The molecule has 2 aliphatic rings. The lowest BCUT2D eigenvalue weighted by atomic mass is 10.2. The number of cyclic esters (lactones) is 1. The van der Waals surface area contributed by atoms with Crippen LogP contribution in [0.15, 0.2) is 86.2 Å². The summed E-state index contributed by atoms with van der Waals surface area (Å²) < 4.78 is 14.1. The van der Waals surface area contributed by atoms with Crippen molar-refractivity contribution in [2.75, 3.05) is 13.2 Å². The smallest absolute Gasteiger partial charge is 0.318 e. The van der Waals surface area contributed by atoms with Crippen LogP contribution in [-0.2, 0) is 41.8 Å². The van der Waals surface area contributed by atoms with Crippen molar-refractivity contribution in [1.29, 1.82) is 0 Å². The van der Waals surface area contributed by atoms with Gasteiger partial charge >= 0.3 is 11.9 Å². The van der Waals surface area contributed by atoms with E-state index in [1.165, 1.54) is 19.8 Å². The third-order valence-electron chi connectivity index (χ3n) is 4.09. The second-order valence-electron chi connectivity index (χ2n) is 7.18. The quantitative estimate of drug-likeness (QED) is 0.365. The summed E-state index contributed by atoms with van der Waals surface area (Å²) in [6, 6.07) is 18.9. The summed E-state index contributed by atoms with van der Waals surface area (Å²) in [4.78, 5) is 31.4. The van der Waals surface area contributed by atoms with Gasteiger partial charge in [0.15, 0.2) is 0 Å². The van der Waals surface area contributed by atoms with Gasteiger partial charge in [0.1, 0.15) is 31.0 Å². The predicted octanol–water partition coefficient (Wildman–Crippen LogP) is 4.93. The Hall–Kier alpha value is -3.55. The maximum absolute atomic E-state index is 11.0. The zero-order valence-corrected chi connectivity index (χ0v) is 20.4. The minimum absolute atomic E-state index is 0.140. The molecule has 2 aromatic rings. The second-order valence-corrected chi connectivity index (χ2v) is 7.18. The summed E-state index contributed by atoms with van der Waals surface area (Å²) in [5.41, 5.74) is 1.89. The van der Waals surface area contributed by atoms with Crippen LogP contribution in [0.3, 0.4) is 0 Å². The van der Waals surface area contributed by atoms with Crippen molar-refractivity contribution in [3.8, 4) is 0 Å². The van der Waals surface area contributed by atoms with E-state index in [4.69, 9.17) is 14.6 Å². The first-order chi connectivity index (χ1) is 16.9. The minimum Gasteiger partial charge on any atom is -0.460 e. The third kappa shape index (κ3) is 18.6. The maximum atomic E-state index is 11.0. The number of carbonyl (C=O) groups excluding carboxylic acids is 3. The van der Waals surface area contributed by atoms with E-state index in [2.05, 4.69) is 24.5 Å². The van der Waals surface area contributed by atoms with Crippen LogP contribution in [0.1, 0.15) is 43.7 Å². The lowest BCUT2D eigenvalue weighted by Gasteiger charge is -2.12. The number of Topliss-reactive ketones (excluding diaryl/α,β-unsaturated/α-hetero) is 1. The molecule has 0 amide bonds. The number of hydrogen-bond donors (Lipinski definition) is 1. The second kappa shape index (κ2) is 21.0. The SMILES string of the molecule is C1CCOC1.C=C.C=C1CC(=O)O1.CC(=O)CC(=O)OCc1ccccc1.OCc1ccccc1. The first-order valence-electron chi connectivity index (χ1n) is 11.2. The van der Waals surface area contributed by atoms with Crippen molar-refractivity contribution in [3.05, 3.63) is 97.3 Å². The molecule has 1 N–H and O–H groups in total. The average Bonchev–Trinajstić information content (AvgIpc) is 3.45. The normalized spacial score (nSPS) is 12.7. The minimum atomic E-state index is -0.471. The molecule has 4 rings (SSSR count). The van der Waals surface area contributed by atoms with Crippen molar-refractivity contribution in [2.45, 2.75) is 45.8 Å². The largest absolute Gasteiger partial charge is 0.460 e. The Balaban J connectivity index is 0.000000465. The monoisotopic (exact) mass is 484 g/mol. The van der Waals surface area contributed by atoms with Gasteiger partial charge < -0.3 is 19.3 Å². The molecule has 0 radical (unpaired) electrons. The maximum Gasteiger partial charge on any atom is 0.318 e. The highest BCUT2D eigenvalue weighted by atomic mass is 16.6. The molecule has 7 nitrogen and oxygen atoms in total. The first kappa shape index (κ1) is 31.5. The molecule has 0 aromatic heterocycles. The van der Waals surface area contributed by atoms with Gasteiger partial charge in [0, 0.05) is 13.2 Å². The Labute approximate surface area is 208 Å². The van der Waals surface area contributed by atoms with E-state index in [0.29, 0.717) is 12.2 Å². The van der Waals surface area contributed by atoms with Crippen LogP contribution in [-0.4, -0.2) is 36.0 Å². The van der Waals surface area contributed by atoms with Crippen molar-refractivity contribution >= 4 is 17.7 Å². The van der Waals surface area contributed by atoms with E-state index in [1.54, 1.807) is 0 Å². The van der Waals surface area contributed by atoms with Gasteiger partial charge in [0.2, 0.25) is 0 Å². The molecule has 35 heavy (non-hydrogen) atoms. The number of benzene rings is 2. The molecule has 0 atom stereocenters. The fourth-order valence-electron chi connectivity index (χ4n) is 2.40. The summed E-state index contributed by atoms with van der Waals surface area (Å²) in [5.74, 6) is -0.232. The van der Waals surface area contributed by atoms with E-state index < -0.39 is 5.97 Å². The molecule has 2 aliphatic heterocycles. The zero-order chi connectivity index (χ0) is 26.3. The van der Waals surface area contributed by atoms with E-state index in [0.717, 1.165) is 24.3 Å². The fraction of sp³-hybridized carbons (Fsp3) is 0.321. The van der Waals surface area contributed by atoms with E-state index in [1.807, 2.05) is 60.7 Å². The topological polar surface area (TPSA) is 99.1 Å². The molecule has 0 unspecified atom stereocenters. The number of esters is 2. The number of aliphatic hydroxyl groups excluding tert-OH is 1. The fourth-order valence-corrected chi connectivity index (χ4v) is 2.40. The van der Waals surface area contributed by atoms with Crippen molar-refractivity contribution in [3.63, 3.8) is 0 Å². The number of ketones is 1. The molecular formula is C28H36O7. The number of ether oxygens (including phenoxy) is 3. The number of carbonyl (C=O) groups is 3. The number of aliphatic hydroxyl groups is 1. The third-order valence-corrected chi connectivity index (χ3v) is 4.09. The first-order valence-corrected chi connectivity index (χ1v) is 11.2. The molecule has 2 heterocycles. The van der Waals surface area contributed by atoms with Gasteiger partial charge in [-0.15, -0.1) is 13.2 Å². The van der Waals surface area contributed by atoms with Crippen molar-refractivity contribution < 1.29 is 33.7 Å². The van der Waals surface area contributed by atoms with Crippen LogP contribution in [0, 0.1) is 0 Å². The lowest BCUT2D eigenvalue weighted by molar-refractivity contribution is -0.149. The highest BCUT2D eigenvalue weighted by Gasteiger charge is 2.17. The van der Waals surface area contributed by atoms with Crippen LogP contribution in [0.4, 0.5) is 0 Å². The van der Waals surface area contributed by atoms with E-state index >= 15 is 0 Å². The molecule has 0 spiro atoms. The van der Waals surface area contributed by atoms with Crippen LogP contribution < -0.4 is 0 Å². The predicted molar refractivity (Wildman–Crippen MR) is 135 cm³/mol. The standard InChI is InChI=1S/C11H12O3.C7H8O.C4H4O2.C4H8O.C2H4/c1-9(12)7-11(13)14-8-10-5-3-2-4-6-10;8-6-7-4-2-1-3-5-7;1-3-2-4(5)6-3;1-2-4-5-3-1;1-2/h2-6H,7-8H2,1H3;1-5,8H,6H2;1-2H2;1-4H2;1-2H2. The lowest BCUT2D eigenvalue weighted by Crippen LogP contribution is -2.15. The van der Waals surface area contributed by atoms with Gasteiger partial charge in [-0.25, -0.2) is 0 Å². The van der Waals surface area contributed by atoms with Crippen LogP contribution >= 0.6 is 0 Å². The highest BCUT2D eigenvalue weighted by Crippen LogP contribution is 2.13. The van der Waals surface area contributed by atoms with Gasteiger partial charge in [0.05, 0.1) is 6.61 Å². The summed E-state index contributed by atoms with van der Waals surface area (Å²) >= 11 is 0. The Bertz CT molecular complexity index is 830. The van der Waals surface area contributed by atoms with Gasteiger partial charge in [-0.1, -0.05) is 67.2 Å². The Kier molecular flexibility index (Phi) is 18.9. The van der Waals surface area contributed by atoms with Gasteiger partial charge in [0.25, 0.3) is 0 Å². The Morgan fingerprint density at radius 2 is 1.43 bits per heavy atom. The molecule has 0 aliphatic carbocycles. The van der Waals surface area contributed by atoms with Gasteiger partial charge in [-0.2, -0.15) is 0 Å². The Morgan fingerprint density at radius 1 is 0.943 bits per heavy atom. The summed E-state index contributed by atoms with van der Waals surface area (Å²) in [7, 11) is 0. The highest BCUT2D eigenvalue weighted by molar-refractivity contribution is 5.94. The molecule has 2 aromatic carbocycles. The van der Waals surface area contributed by atoms with Gasteiger partial charge in [-0.05, 0) is 30.9 Å². The summed E-state index contributed by atoms with van der Waals surface area (Å²) in [5, 5.41) is 8.54. The van der Waals surface area contributed by atoms with Crippen molar-refractivity contribution in [2.24, 2.45) is 0 Å². The average molecular weight is 485 g/mol.